The molecule has 14 heavy (non-hydrogen) atoms. The van der Waals surface area contributed by atoms with Crippen LogP contribution in [-0.2, 0) is 0 Å². The molecule has 1 aromatic carbocycles. The van der Waals surface area contributed by atoms with Crippen molar-refractivity contribution in [3.05, 3.63) is 41.2 Å². The minimum Gasteiger partial charge on any atom is -0.387 e. The Kier molecular flexibility index (Phi) is 3.63. The van der Waals surface area contributed by atoms with Crippen LogP contribution in [0, 0.1) is 6.57 Å². The van der Waals surface area contributed by atoms with Gasteiger partial charge in [-0.2, -0.15) is 0 Å². The molecule has 1 atom stereocenters. The zero-order valence-electron chi connectivity index (χ0n) is 8.44. The number of rotatable bonds is 3. The molecule has 0 radical (unpaired) electrons. The monoisotopic (exact) mass is 190 g/mol. The zero-order valence-corrected chi connectivity index (χ0v) is 8.44. The fraction of sp³-hybridized carbons (Fsp3) is 0.364. The first-order chi connectivity index (χ1) is 6.63. The van der Waals surface area contributed by atoms with E-state index in [1.807, 2.05) is 25.1 Å². The Balaban J connectivity index is 2.80. The standard InChI is InChI=1S/C11H14N2O/c1-12-10-6-4-5-9(7-10)11(14)8-13(2)3/h4-7,11,14H,8H2,2-3H3. The van der Waals surface area contributed by atoms with Gasteiger partial charge in [0.2, 0.25) is 0 Å². The Bertz CT molecular complexity index is 341. The SMILES string of the molecule is [C-]#[N+]c1cccc(C(O)CN(C)C)c1. The van der Waals surface area contributed by atoms with Crippen LogP contribution < -0.4 is 0 Å². The molecule has 0 amide bonds. The highest BCUT2D eigenvalue weighted by Gasteiger charge is 2.08. The van der Waals surface area contributed by atoms with E-state index in [9.17, 15) is 5.11 Å². The molecule has 0 saturated carbocycles. The van der Waals surface area contributed by atoms with Gasteiger partial charge in [0.1, 0.15) is 0 Å². The number of nitrogens with zero attached hydrogens (tertiary/aromatic N) is 2. The molecule has 0 spiro atoms. The van der Waals surface area contributed by atoms with Crippen LogP contribution >= 0.6 is 0 Å². The fourth-order valence-corrected chi connectivity index (χ4v) is 1.25. The van der Waals surface area contributed by atoms with E-state index in [0.29, 0.717) is 12.2 Å². The van der Waals surface area contributed by atoms with Crippen LogP contribution in [0.15, 0.2) is 24.3 Å². The van der Waals surface area contributed by atoms with Crippen molar-refractivity contribution in [3.63, 3.8) is 0 Å². The average molecular weight is 190 g/mol. The van der Waals surface area contributed by atoms with E-state index in [1.165, 1.54) is 0 Å². The number of hydrogen-bond donors (Lipinski definition) is 1. The molecular formula is C11H14N2O. The second kappa shape index (κ2) is 4.75. The Morgan fingerprint density at radius 2 is 2.21 bits per heavy atom. The summed E-state index contributed by atoms with van der Waals surface area (Å²) in [5, 5.41) is 9.77. The summed E-state index contributed by atoms with van der Waals surface area (Å²) in [6.45, 7) is 7.43. The molecule has 3 heteroatoms. The highest BCUT2D eigenvalue weighted by Crippen LogP contribution is 2.19. The third-order valence-electron chi connectivity index (χ3n) is 1.92. The molecule has 74 valence electrons. The number of aliphatic hydroxyl groups excluding tert-OH is 1. The first kappa shape index (κ1) is 10.7. The van der Waals surface area contributed by atoms with Crippen LogP contribution in [0.1, 0.15) is 11.7 Å². The van der Waals surface area contributed by atoms with E-state index >= 15 is 0 Å². The predicted octanol–water partition coefficient (Wildman–Crippen LogP) is 1.83. The molecule has 0 aliphatic rings. The first-order valence-corrected chi connectivity index (χ1v) is 4.43. The van der Waals surface area contributed by atoms with Crippen LogP contribution in [0.3, 0.4) is 0 Å². The minimum absolute atomic E-state index is 0.522. The molecule has 1 rings (SSSR count). The normalized spacial score (nSPS) is 12.5. The lowest BCUT2D eigenvalue weighted by Crippen LogP contribution is -2.19. The first-order valence-electron chi connectivity index (χ1n) is 4.43. The largest absolute Gasteiger partial charge is 0.387 e. The summed E-state index contributed by atoms with van der Waals surface area (Å²) in [5.74, 6) is 0. The second-order valence-electron chi connectivity index (χ2n) is 3.48. The van der Waals surface area contributed by atoms with Gasteiger partial charge in [-0.1, -0.05) is 24.3 Å². The van der Waals surface area contributed by atoms with Gasteiger partial charge in [-0.25, -0.2) is 4.85 Å². The van der Waals surface area contributed by atoms with Crippen LogP contribution in [0.4, 0.5) is 5.69 Å². The van der Waals surface area contributed by atoms with Crippen molar-refractivity contribution in [1.82, 2.24) is 4.90 Å². The molecule has 0 aliphatic carbocycles. The molecule has 3 nitrogen and oxygen atoms in total. The second-order valence-corrected chi connectivity index (χ2v) is 3.48. The van der Waals surface area contributed by atoms with Crippen molar-refractivity contribution in [2.24, 2.45) is 0 Å². The molecule has 1 aromatic rings. The lowest BCUT2D eigenvalue weighted by Gasteiger charge is -2.16. The van der Waals surface area contributed by atoms with E-state index in [0.717, 1.165) is 5.56 Å². The zero-order chi connectivity index (χ0) is 10.6. The molecule has 1 N–H and O–H groups in total. The van der Waals surface area contributed by atoms with Gasteiger partial charge in [0.15, 0.2) is 5.69 Å². The lowest BCUT2D eigenvalue weighted by molar-refractivity contribution is 0.138. The van der Waals surface area contributed by atoms with Crippen LogP contribution in [0.2, 0.25) is 0 Å². The van der Waals surface area contributed by atoms with Crippen LogP contribution in [0.25, 0.3) is 4.85 Å². The molecule has 0 bridgehead atoms. The molecule has 1 unspecified atom stereocenters. The Labute approximate surface area is 84.4 Å². The molecule has 0 aromatic heterocycles. The molecule has 0 fully saturated rings. The molecule has 0 aliphatic heterocycles. The number of hydrogen-bond acceptors (Lipinski definition) is 2. The van der Waals surface area contributed by atoms with Gasteiger partial charge in [-0.15, -0.1) is 0 Å². The van der Waals surface area contributed by atoms with Gasteiger partial charge in [0.05, 0.1) is 12.7 Å². The lowest BCUT2D eigenvalue weighted by atomic mass is 10.1. The highest BCUT2D eigenvalue weighted by atomic mass is 16.3. The van der Waals surface area contributed by atoms with Crippen molar-refractivity contribution in [3.8, 4) is 0 Å². The van der Waals surface area contributed by atoms with Crippen molar-refractivity contribution in [1.29, 1.82) is 0 Å². The van der Waals surface area contributed by atoms with Gasteiger partial charge in [-0.05, 0) is 19.7 Å². The number of benzene rings is 1. The topological polar surface area (TPSA) is 27.8 Å². The number of aliphatic hydroxyl groups is 1. The maximum Gasteiger partial charge on any atom is 0.187 e. The third-order valence-corrected chi connectivity index (χ3v) is 1.92. The van der Waals surface area contributed by atoms with Crippen molar-refractivity contribution in [2.75, 3.05) is 20.6 Å². The molecule has 0 saturated heterocycles. The summed E-state index contributed by atoms with van der Waals surface area (Å²) in [4.78, 5) is 5.23. The summed E-state index contributed by atoms with van der Waals surface area (Å²) in [7, 11) is 3.81. The van der Waals surface area contributed by atoms with E-state index < -0.39 is 6.10 Å². The van der Waals surface area contributed by atoms with E-state index in [4.69, 9.17) is 6.57 Å². The minimum atomic E-state index is -0.522. The quantitative estimate of drug-likeness (QED) is 0.736. The van der Waals surface area contributed by atoms with Crippen molar-refractivity contribution >= 4 is 5.69 Å². The van der Waals surface area contributed by atoms with Gasteiger partial charge in [0, 0.05) is 6.54 Å². The van der Waals surface area contributed by atoms with Gasteiger partial charge < -0.3 is 10.0 Å². The van der Waals surface area contributed by atoms with E-state index in [-0.39, 0.29) is 0 Å². The van der Waals surface area contributed by atoms with E-state index in [2.05, 4.69) is 4.85 Å². The van der Waals surface area contributed by atoms with Gasteiger partial charge in [-0.3, -0.25) is 0 Å². The number of likely N-dealkylation sites (N-methyl/N-ethyl adjacent to an activating group) is 1. The maximum atomic E-state index is 9.77. The average Bonchev–Trinajstić information content (AvgIpc) is 2.17. The maximum absolute atomic E-state index is 9.77. The summed E-state index contributed by atoms with van der Waals surface area (Å²) in [6.07, 6.45) is -0.522. The highest BCUT2D eigenvalue weighted by molar-refractivity contribution is 5.47. The van der Waals surface area contributed by atoms with Crippen molar-refractivity contribution < 1.29 is 5.11 Å². The van der Waals surface area contributed by atoms with Crippen LogP contribution in [-0.4, -0.2) is 30.6 Å². The van der Waals surface area contributed by atoms with Gasteiger partial charge >= 0.3 is 0 Å². The Morgan fingerprint density at radius 3 is 2.79 bits per heavy atom. The fourth-order valence-electron chi connectivity index (χ4n) is 1.25. The van der Waals surface area contributed by atoms with Crippen LogP contribution in [0.5, 0.6) is 0 Å². The summed E-state index contributed by atoms with van der Waals surface area (Å²) in [6, 6.07) is 7.09. The Hall–Kier alpha value is -1.37. The smallest absolute Gasteiger partial charge is 0.187 e. The van der Waals surface area contributed by atoms with E-state index in [1.54, 1.807) is 18.2 Å². The predicted molar refractivity (Wildman–Crippen MR) is 56.2 cm³/mol. The summed E-state index contributed by atoms with van der Waals surface area (Å²) in [5.41, 5.74) is 1.37. The summed E-state index contributed by atoms with van der Waals surface area (Å²) >= 11 is 0. The van der Waals surface area contributed by atoms with Crippen molar-refractivity contribution in [2.45, 2.75) is 6.10 Å². The summed E-state index contributed by atoms with van der Waals surface area (Å²) < 4.78 is 0. The van der Waals surface area contributed by atoms with Gasteiger partial charge in [0.25, 0.3) is 0 Å². The molecule has 0 heterocycles. The third kappa shape index (κ3) is 2.84. The Morgan fingerprint density at radius 1 is 1.50 bits per heavy atom. The molecular weight excluding hydrogens is 176 g/mol.